The Morgan fingerprint density at radius 2 is 1.64 bits per heavy atom. The molecule has 39 heavy (non-hydrogen) atoms. The summed E-state index contributed by atoms with van der Waals surface area (Å²) >= 11 is 0. The monoisotopic (exact) mass is 525 g/mol. The second-order valence-electron chi connectivity index (χ2n) is 11.2. The first-order chi connectivity index (χ1) is 18.7. The molecule has 3 aromatic rings. The van der Waals surface area contributed by atoms with Gasteiger partial charge in [-0.25, -0.2) is 0 Å². The van der Waals surface area contributed by atoms with Crippen LogP contribution in [0.25, 0.3) is 17.2 Å². The molecule has 0 saturated heterocycles. The third kappa shape index (κ3) is 6.33. The number of aliphatic hydroxyl groups is 1. The zero-order chi connectivity index (χ0) is 28.0. The van der Waals surface area contributed by atoms with E-state index in [9.17, 15) is 9.90 Å². The minimum Gasteiger partial charge on any atom is -0.469 e. The smallest absolute Gasteiger partial charge is 0.310 e. The molecule has 1 aliphatic rings. The van der Waals surface area contributed by atoms with Crippen LogP contribution >= 0.6 is 0 Å². The fraction of sp³-hybridized carbons (Fsp3) is 0.429. The number of hydrogen-bond acceptors (Lipinski definition) is 4. The summed E-state index contributed by atoms with van der Waals surface area (Å²) < 4.78 is 4.82. The molecule has 1 saturated carbocycles. The van der Waals surface area contributed by atoms with E-state index in [1.807, 2.05) is 18.3 Å². The van der Waals surface area contributed by atoms with Crippen LogP contribution in [-0.4, -0.2) is 28.8 Å². The van der Waals surface area contributed by atoms with Crippen molar-refractivity contribution < 1.29 is 14.6 Å². The van der Waals surface area contributed by atoms with Crippen molar-refractivity contribution in [2.75, 3.05) is 7.11 Å². The highest BCUT2D eigenvalue weighted by Crippen LogP contribution is 2.41. The molecule has 1 aliphatic carbocycles. The molecule has 1 fully saturated rings. The van der Waals surface area contributed by atoms with Gasteiger partial charge in [0.15, 0.2) is 0 Å². The molecule has 1 aromatic heterocycles. The van der Waals surface area contributed by atoms with E-state index in [1.165, 1.54) is 41.3 Å². The Morgan fingerprint density at radius 1 is 0.974 bits per heavy atom. The summed E-state index contributed by atoms with van der Waals surface area (Å²) in [4.78, 5) is 16.1. The van der Waals surface area contributed by atoms with E-state index < -0.39 is 5.60 Å². The summed E-state index contributed by atoms with van der Waals surface area (Å²) in [5, 5.41) is 10.9. The lowest BCUT2D eigenvalue weighted by atomic mass is 9.69. The van der Waals surface area contributed by atoms with Crippen LogP contribution in [0.15, 0.2) is 60.9 Å². The summed E-state index contributed by atoms with van der Waals surface area (Å²) in [6.07, 6.45) is 15.1. The number of carbonyl (C=O) groups is 1. The normalized spacial score (nSPS) is 15.4. The highest BCUT2D eigenvalue weighted by Gasteiger charge is 2.31. The molecule has 4 nitrogen and oxygen atoms in total. The number of pyridine rings is 1. The van der Waals surface area contributed by atoms with Gasteiger partial charge in [0.1, 0.15) is 0 Å². The molecule has 4 heteroatoms. The standard InChI is InChI=1S/C35H43NO3/c1-6-35(7-2,30-12-11-28(25(3)19-30)15-18-34(38)16-9-8-10-17-34)31-13-14-32(26(4)20-31)29-21-27(23-36-24-29)22-33(37)39-5/h11-15,18-21,23-24,38H,6-10,16-17,22H2,1-5H3. The molecule has 2 aromatic carbocycles. The number of hydrogen-bond donors (Lipinski definition) is 1. The number of aryl methyl sites for hydroxylation is 2. The van der Waals surface area contributed by atoms with Crippen molar-refractivity contribution in [2.24, 2.45) is 0 Å². The molecule has 0 radical (unpaired) electrons. The van der Waals surface area contributed by atoms with Gasteiger partial charge in [-0.15, -0.1) is 0 Å². The summed E-state index contributed by atoms with van der Waals surface area (Å²) in [5.74, 6) is -0.265. The summed E-state index contributed by atoms with van der Waals surface area (Å²) in [6.45, 7) is 8.87. The van der Waals surface area contributed by atoms with Crippen molar-refractivity contribution in [3.63, 3.8) is 0 Å². The average Bonchev–Trinajstić information content (AvgIpc) is 2.94. The molecule has 0 atom stereocenters. The van der Waals surface area contributed by atoms with Crippen LogP contribution < -0.4 is 0 Å². The van der Waals surface area contributed by atoms with E-state index in [-0.39, 0.29) is 17.8 Å². The van der Waals surface area contributed by atoms with Gasteiger partial charge in [0.05, 0.1) is 19.1 Å². The van der Waals surface area contributed by atoms with Gasteiger partial charge in [-0.3, -0.25) is 9.78 Å². The number of nitrogens with zero attached hydrogens (tertiary/aromatic N) is 1. The van der Waals surface area contributed by atoms with Crippen molar-refractivity contribution >= 4 is 12.0 Å². The Balaban J connectivity index is 1.64. The maximum atomic E-state index is 11.8. The molecular formula is C35H43NO3. The number of carbonyl (C=O) groups excluding carboxylic acids is 1. The van der Waals surface area contributed by atoms with Gasteiger partial charge >= 0.3 is 5.97 Å². The molecular weight excluding hydrogens is 482 g/mol. The van der Waals surface area contributed by atoms with E-state index in [4.69, 9.17) is 4.74 Å². The Kier molecular flexibility index (Phi) is 9.07. The molecule has 4 rings (SSSR count). The van der Waals surface area contributed by atoms with Crippen molar-refractivity contribution in [1.29, 1.82) is 0 Å². The molecule has 1 heterocycles. The first-order valence-corrected chi connectivity index (χ1v) is 14.4. The number of rotatable bonds is 9. The third-order valence-corrected chi connectivity index (χ3v) is 8.78. The fourth-order valence-electron chi connectivity index (χ4n) is 6.22. The van der Waals surface area contributed by atoms with Crippen LogP contribution in [0.4, 0.5) is 0 Å². The highest BCUT2D eigenvalue weighted by atomic mass is 16.5. The van der Waals surface area contributed by atoms with Gasteiger partial charge < -0.3 is 9.84 Å². The molecule has 0 unspecified atom stereocenters. The van der Waals surface area contributed by atoms with Crippen molar-refractivity contribution in [2.45, 2.75) is 90.1 Å². The van der Waals surface area contributed by atoms with E-state index >= 15 is 0 Å². The molecule has 0 bridgehead atoms. The largest absolute Gasteiger partial charge is 0.469 e. The van der Waals surface area contributed by atoms with E-state index in [0.717, 1.165) is 55.2 Å². The Labute approximate surface area is 234 Å². The minimum atomic E-state index is -0.659. The van der Waals surface area contributed by atoms with Crippen molar-refractivity contribution in [3.8, 4) is 11.1 Å². The van der Waals surface area contributed by atoms with Gasteiger partial charge in [-0.2, -0.15) is 0 Å². The topological polar surface area (TPSA) is 59.4 Å². The number of methoxy groups -OCH3 is 1. The summed E-state index contributed by atoms with van der Waals surface area (Å²) in [5.41, 5.74) is 8.45. The molecule has 0 spiro atoms. The number of esters is 1. The molecule has 0 amide bonds. The van der Waals surface area contributed by atoms with Crippen LogP contribution in [0.2, 0.25) is 0 Å². The predicted molar refractivity (Wildman–Crippen MR) is 160 cm³/mol. The van der Waals surface area contributed by atoms with E-state index in [2.05, 4.69) is 75.2 Å². The van der Waals surface area contributed by atoms with Crippen molar-refractivity contribution in [3.05, 3.63) is 94.3 Å². The van der Waals surface area contributed by atoms with Crippen LogP contribution in [-0.2, 0) is 21.4 Å². The van der Waals surface area contributed by atoms with Crippen LogP contribution in [0, 0.1) is 13.8 Å². The van der Waals surface area contributed by atoms with E-state index in [1.54, 1.807) is 6.20 Å². The molecule has 206 valence electrons. The number of benzene rings is 2. The average molecular weight is 526 g/mol. The fourth-order valence-corrected chi connectivity index (χ4v) is 6.22. The Hall–Kier alpha value is -3.24. The van der Waals surface area contributed by atoms with Crippen molar-refractivity contribution in [1.82, 2.24) is 4.98 Å². The molecule has 0 aliphatic heterocycles. The predicted octanol–water partition coefficient (Wildman–Crippen LogP) is 7.90. The van der Waals surface area contributed by atoms with Gasteiger partial charge in [-0.05, 0) is 84.5 Å². The quantitative estimate of drug-likeness (QED) is 0.289. The van der Waals surface area contributed by atoms with E-state index in [0.29, 0.717) is 0 Å². The summed E-state index contributed by atoms with van der Waals surface area (Å²) in [6, 6.07) is 15.6. The zero-order valence-corrected chi connectivity index (χ0v) is 24.2. The maximum Gasteiger partial charge on any atom is 0.310 e. The van der Waals surface area contributed by atoms with Gasteiger partial charge in [0, 0.05) is 23.4 Å². The second-order valence-corrected chi connectivity index (χ2v) is 11.2. The van der Waals surface area contributed by atoms with Gasteiger partial charge in [0.25, 0.3) is 0 Å². The Morgan fingerprint density at radius 3 is 2.26 bits per heavy atom. The van der Waals surface area contributed by atoms with Crippen LogP contribution in [0.5, 0.6) is 0 Å². The number of ether oxygens (including phenoxy) is 1. The van der Waals surface area contributed by atoms with Gasteiger partial charge in [0.2, 0.25) is 0 Å². The zero-order valence-electron chi connectivity index (χ0n) is 24.2. The minimum absolute atomic E-state index is 0.0944. The van der Waals surface area contributed by atoms with Gasteiger partial charge in [-0.1, -0.05) is 81.7 Å². The third-order valence-electron chi connectivity index (χ3n) is 8.78. The lowest BCUT2D eigenvalue weighted by Gasteiger charge is -2.34. The summed E-state index contributed by atoms with van der Waals surface area (Å²) in [7, 11) is 1.41. The number of aromatic nitrogens is 1. The Bertz CT molecular complexity index is 1330. The first kappa shape index (κ1) is 28.8. The lowest BCUT2D eigenvalue weighted by Crippen LogP contribution is -2.28. The first-order valence-electron chi connectivity index (χ1n) is 14.4. The lowest BCUT2D eigenvalue weighted by molar-refractivity contribution is -0.139. The van der Waals surface area contributed by atoms with Crippen LogP contribution in [0.1, 0.15) is 92.2 Å². The maximum absolute atomic E-state index is 11.8. The SMILES string of the molecule is CCC(CC)(c1ccc(C=CC2(O)CCCCC2)c(C)c1)c1ccc(-c2cncc(CC(=O)OC)c2)c(C)c1. The highest BCUT2D eigenvalue weighted by molar-refractivity contribution is 5.74. The van der Waals surface area contributed by atoms with Crippen LogP contribution in [0.3, 0.4) is 0 Å². The molecule has 1 N–H and O–H groups in total. The second kappa shape index (κ2) is 12.3.